The summed E-state index contributed by atoms with van der Waals surface area (Å²) in [6.45, 7) is 2.53. The number of hydrogen-bond acceptors (Lipinski definition) is 6. The summed E-state index contributed by atoms with van der Waals surface area (Å²) in [5.74, 6) is 1.51. The van der Waals surface area contributed by atoms with E-state index in [1.54, 1.807) is 0 Å². The van der Waals surface area contributed by atoms with Crippen LogP contribution in [0.2, 0.25) is 0 Å². The Bertz CT molecular complexity index is 281. The second-order valence-corrected chi connectivity index (χ2v) is 2.67. The average molecular weight is 181 g/mol. The van der Waals surface area contributed by atoms with E-state index in [2.05, 4.69) is 25.8 Å². The van der Waals surface area contributed by atoms with Crippen LogP contribution in [0.1, 0.15) is 5.89 Å². The van der Waals surface area contributed by atoms with Gasteiger partial charge >= 0.3 is 0 Å². The van der Waals surface area contributed by atoms with Crippen LogP contribution in [-0.4, -0.2) is 35.7 Å². The Morgan fingerprint density at radius 1 is 1.62 bits per heavy atom. The third-order valence-electron chi connectivity index (χ3n) is 1.71. The van der Waals surface area contributed by atoms with Crippen LogP contribution in [0.4, 0.5) is 0 Å². The summed E-state index contributed by atoms with van der Waals surface area (Å²) in [7, 11) is 0. The molecule has 0 unspecified atom stereocenters. The standard InChI is InChI=1S/C7H11N5O/c1(6-11-5-12-13-6)2-8-7-9-3-4-10-7/h5H,1-4H2,(H2,8,9,10). The van der Waals surface area contributed by atoms with Crippen molar-refractivity contribution in [3.8, 4) is 0 Å². The molecule has 1 aromatic rings. The maximum atomic E-state index is 4.84. The molecule has 0 saturated carbocycles. The molecule has 2 rings (SSSR count). The van der Waals surface area contributed by atoms with E-state index in [0.29, 0.717) is 5.89 Å². The molecule has 0 aromatic carbocycles. The molecule has 0 amide bonds. The fourth-order valence-corrected chi connectivity index (χ4v) is 1.11. The van der Waals surface area contributed by atoms with E-state index in [1.165, 1.54) is 6.33 Å². The number of nitrogens with one attached hydrogen (secondary N) is 2. The van der Waals surface area contributed by atoms with Gasteiger partial charge in [0.1, 0.15) is 0 Å². The van der Waals surface area contributed by atoms with Crippen molar-refractivity contribution >= 4 is 5.96 Å². The van der Waals surface area contributed by atoms with Crippen LogP contribution < -0.4 is 10.6 Å². The largest absolute Gasteiger partial charge is 0.356 e. The van der Waals surface area contributed by atoms with E-state index in [0.717, 1.165) is 32.0 Å². The highest BCUT2D eigenvalue weighted by Gasteiger charge is 2.04. The molecule has 13 heavy (non-hydrogen) atoms. The van der Waals surface area contributed by atoms with Gasteiger partial charge in [-0.05, 0) is 0 Å². The smallest absolute Gasteiger partial charge is 0.228 e. The molecular weight excluding hydrogens is 170 g/mol. The van der Waals surface area contributed by atoms with E-state index >= 15 is 0 Å². The average Bonchev–Trinajstić information content (AvgIpc) is 2.75. The summed E-state index contributed by atoms with van der Waals surface area (Å²) >= 11 is 0. The summed E-state index contributed by atoms with van der Waals surface area (Å²) in [5, 5.41) is 9.75. The van der Waals surface area contributed by atoms with Gasteiger partial charge in [0.2, 0.25) is 5.89 Å². The molecule has 1 aromatic heterocycles. The van der Waals surface area contributed by atoms with Crippen LogP contribution >= 0.6 is 0 Å². The normalized spacial score (nSPS) is 15.2. The van der Waals surface area contributed by atoms with Gasteiger partial charge in [0.05, 0.1) is 6.54 Å². The maximum Gasteiger partial charge on any atom is 0.228 e. The first-order chi connectivity index (χ1) is 6.45. The molecule has 2 heterocycles. The van der Waals surface area contributed by atoms with E-state index in [9.17, 15) is 0 Å². The van der Waals surface area contributed by atoms with E-state index in [-0.39, 0.29) is 0 Å². The molecule has 0 bridgehead atoms. The topological polar surface area (TPSA) is 75.3 Å². The van der Waals surface area contributed by atoms with Crippen LogP contribution in [0.3, 0.4) is 0 Å². The van der Waals surface area contributed by atoms with Gasteiger partial charge < -0.3 is 15.2 Å². The van der Waals surface area contributed by atoms with Crippen molar-refractivity contribution < 1.29 is 4.52 Å². The van der Waals surface area contributed by atoms with Crippen molar-refractivity contribution in [2.24, 2.45) is 4.99 Å². The van der Waals surface area contributed by atoms with Gasteiger partial charge in [0.25, 0.3) is 0 Å². The number of aromatic nitrogens is 2. The van der Waals surface area contributed by atoms with Crippen molar-refractivity contribution in [2.75, 3.05) is 19.6 Å². The zero-order valence-electron chi connectivity index (χ0n) is 7.16. The molecule has 0 atom stereocenters. The minimum atomic E-state index is 0.645. The van der Waals surface area contributed by atoms with Crippen LogP contribution in [0.15, 0.2) is 15.8 Å². The second kappa shape index (κ2) is 3.88. The third kappa shape index (κ3) is 2.17. The lowest BCUT2D eigenvalue weighted by Crippen LogP contribution is -2.34. The van der Waals surface area contributed by atoms with Gasteiger partial charge in [-0.2, -0.15) is 4.98 Å². The van der Waals surface area contributed by atoms with E-state index < -0.39 is 0 Å². The lowest BCUT2D eigenvalue weighted by molar-refractivity contribution is 0.377. The molecule has 0 fully saturated rings. The van der Waals surface area contributed by atoms with Gasteiger partial charge in [0, 0.05) is 19.5 Å². The van der Waals surface area contributed by atoms with Crippen LogP contribution in [0.5, 0.6) is 0 Å². The quantitative estimate of drug-likeness (QED) is 0.636. The lowest BCUT2D eigenvalue weighted by Gasteiger charge is -2.03. The Morgan fingerprint density at radius 2 is 2.62 bits per heavy atom. The highest BCUT2D eigenvalue weighted by molar-refractivity contribution is 5.81. The molecule has 6 heteroatoms. The van der Waals surface area contributed by atoms with Crippen LogP contribution in [-0.2, 0) is 6.42 Å². The Balaban J connectivity index is 1.69. The van der Waals surface area contributed by atoms with Crippen molar-refractivity contribution in [3.63, 3.8) is 0 Å². The summed E-state index contributed by atoms with van der Waals surface area (Å²) in [6, 6.07) is 0. The summed E-state index contributed by atoms with van der Waals surface area (Å²) < 4.78 is 4.84. The minimum absolute atomic E-state index is 0.645. The number of guanidine groups is 1. The van der Waals surface area contributed by atoms with Gasteiger partial charge in [-0.15, -0.1) is 0 Å². The number of aliphatic imine (C=N–C) groups is 1. The van der Waals surface area contributed by atoms with Crippen LogP contribution in [0, 0.1) is 0 Å². The molecular formula is C7H11N5O. The highest BCUT2D eigenvalue weighted by atomic mass is 16.5. The zero-order chi connectivity index (χ0) is 8.93. The third-order valence-corrected chi connectivity index (χ3v) is 1.71. The zero-order valence-corrected chi connectivity index (χ0v) is 7.16. The van der Waals surface area contributed by atoms with Crippen molar-refractivity contribution in [1.29, 1.82) is 0 Å². The molecule has 2 N–H and O–H groups in total. The SMILES string of the molecule is c1noc(CCNC2=NCCN2)n1. The van der Waals surface area contributed by atoms with Gasteiger partial charge in [-0.25, -0.2) is 0 Å². The molecule has 0 radical (unpaired) electrons. The maximum absolute atomic E-state index is 4.84. The number of rotatable bonds is 3. The summed E-state index contributed by atoms with van der Waals surface area (Å²) in [4.78, 5) is 8.08. The predicted octanol–water partition coefficient (Wildman–Crippen LogP) is -0.839. The van der Waals surface area contributed by atoms with Gasteiger partial charge in [-0.1, -0.05) is 5.16 Å². The molecule has 1 aliphatic heterocycles. The number of nitrogens with zero attached hydrogens (tertiary/aromatic N) is 3. The fourth-order valence-electron chi connectivity index (χ4n) is 1.11. The first-order valence-corrected chi connectivity index (χ1v) is 4.23. The highest BCUT2D eigenvalue weighted by Crippen LogP contribution is 1.90. The molecule has 70 valence electrons. The molecule has 0 spiro atoms. The molecule has 0 saturated heterocycles. The van der Waals surface area contributed by atoms with Crippen molar-refractivity contribution in [1.82, 2.24) is 20.8 Å². The lowest BCUT2D eigenvalue weighted by atomic mass is 10.4. The van der Waals surface area contributed by atoms with Gasteiger partial charge in [0.15, 0.2) is 12.3 Å². The first-order valence-electron chi connectivity index (χ1n) is 4.23. The van der Waals surface area contributed by atoms with E-state index in [1.807, 2.05) is 0 Å². The first kappa shape index (κ1) is 8.03. The van der Waals surface area contributed by atoms with Crippen molar-refractivity contribution in [3.05, 3.63) is 12.2 Å². The predicted molar refractivity (Wildman–Crippen MR) is 46.3 cm³/mol. The minimum Gasteiger partial charge on any atom is -0.356 e. The Hall–Kier alpha value is -1.59. The number of hydrogen-bond donors (Lipinski definition) is 2. The van der Waals surface area contributed by atoms with Crippen molar-refractivity contribution in [2.45, 2.75) is 6.42 Å². The molecule has 0 aliphatic carbocycles. The summed E-state index contributed by atoms with van der Waals surface area (Å²) in [6.07, 6.45) is 2.13. The van der Waals surface area contributed by atoms with Crippen LogP contribution in [0.25, 0.3) is 0 Å². The molecule has 6 nitrogen and oxygen atoms in total. The monoisotopic (exact) mass is 181 g/mol. The molecule has 1 aliphatic rings. The van der Waals surface area contributed by atoms with Gasteiger partial charge in [-0.3, -0.25) is 4.99 Å². The Morgan fingerprint density at radius 3 is 3.31 bits per heavy atom. The van der Waals surface area contributed by atoms with E-state index in [4.69, 9.17) is 4.52 Å². The Labute approximate surface area is 75.4 Å². The summed E-state index contributed by atoms with van der Waals surface area (Å²) in [5.41, 5.74) is 0. The fraction of sp³-hybridized carbons (Fsp3) is 0.571. The second-order valence-electron chi connectivity index (χ2n) is 2.67. The Kier molecular flexibility index (Phi) is 2.40.